The van der Waals surface area contributed by atoms with Crippen molar-refractivity contribution in [1.29, 1.82) is 0 Å². The van der Waals surface area contributed by atoms with E-state index in [1.807, 2.05) is 6.07 Å². The maximum absolute atomic E-state index is 11.4. The van der Waals surface area contributed by atoms with Crippen molar-refractivity contribution in [2.75, 3.05) is 4.90 Å². The van der Waals surface area contributed by atoms with Gasteiger partial charge in [-0.25, -0.2) is 4.90 Å². The van der Waals surface area contributed by atoms with E-state index in [0.717, 1.165) is 13.8 Å². The third kappa shape index (κ3) is 2.03. The third-order valence-corrected chi connectivity index (χ3v) is 2.83. The molecule has 0 bridgehead atoms. The summed E-state index contributed by atoms with van der Waals surface area (Å²) in [4.78, 5) is 23.9. The Morgan fingerprint density at radius 1 is 0.867 bits per heavy atom. The monoisotopic (exact) mass is 329 g/mol. The lowest BCUT2D eigenvalue weighted by molar-refractivity contribution is -0.119. The number of amides is 2. The zero-order valence-corrected chi connectivity index (χ0v) is 10.6. The number of hydrogen-bond donors (Lipinski definition) is 0. The average Bonchev–Trinajstić information content (AvgIpc) is 2.44. The highest BCUT2D eigenvalue weighted by atomic mass is 79.9. The molecule has 0 N–H and O–H groups in total. The lowest BCUT2D eigenvalue weighted by Gasteiger charge is -2.14. The molecule has 1 aliphatic rings. The van der Waals surface area contributed by atoms with Gasteiger partial charge in [-0.3, -0.25) is 9.59 Å². The normalized spacial score (nSPS) is 15.2. The van der Waals surface area contributed by atoms with Crippen LogP contribution in [0.3, 0.4) is 0 Å². The van der Waals surface area contributed by atoms with Crippen LogP contribution in [0, 0.1) is 0 Å². The number of hydrogen-bond acceptors (Lipinski definition) is 2. The number of halogens is 2. The van der Waals surface area contributed by atoms with E-state index in [9.17, 15) is 9.59 Å². The second-order valence-corrected chi connectivity index (χ2v) is 4.80. The zero-order chi connectivity index (χ0) is 11.0. The molecule has 0 saturated heterocycles. The molecule has 1 aromatic carbocycles. The molecule has 0 radical (unpaired) electrons. The SMILES string of the molecule is O=C1C=CC(=O)N1c1cc(Br)cc(Br)c1. The van der Waals surface area contributed by atoms with Crippen molar-refractivity contribution < 1.29 is 9.59 Å². The Morgan fingerprint density at radius 2 is 1.33 bits per heavy atom. The first-order chi connectivity index (χ1) is 7.08. The molecular formula is C10H5Br2NO2. The molecule has 76 valence electrons. The molecule has 2 amide bonds. The van der Waals surface area contributed by atoms with Crippen molar-refractivity contribution >= 4 is 49.4 Å². The summed E-state index contributed by atoms with van der Waals surface area (Å²) in [5.74, 6) is -0.630. The Labute approximate surface area is 103 Å². The first-order valence-electron chi connectivity index (χ1n) is 4.10. The predicted molar refractivity (Wildman–Crippen MR) is 63.5 cm³/mol. The van der Waals surface area contributed by atoms with Crippen LogP contribution in [0.1, 0.15) is 0 Å². The van der Waals surface area contributed by atoms with Gasteiger partial charge in [-0.05, 0) is 18.2 Å². The van der Waals surface area contributed by atoms with E-state index < -0.39 is 0 Å². The van der Waals surface area contributed by atoms with Gasteiger partial charge in [0.15, 0.2) is 0 Å². The molecule has 3 nitrogen and oxygen atoms in total. The van der Waals surface area contributed by atoms with Gasteiger partial charge in [0.2, 0.25) is 0 Å². The number of rotatable bonds is 1. The second kappa shape index (κ2) is 3.90. The summed E-state index contributed by atoms with van der Waals surface area (Å²) in [5.41, 5.74) is 0.552. The van der Waals surface area contributed by atoms with Gasteiger partial charge in [0.25, 0.3) is 11.8 Å². The fourth-order valence-corrected chi connectivity index (χ4v) is 2.59. The van der Waals surface area contributed by atoms with Crippen LogP contribution in [0.4, 0.5) is 5.69 Å². The third-order valence-electron chi connectivity index (χ3n) is 1.91. The standard InChI is InChI=1S/C10H5Br2NO2/c11-6-3-7(12)5-8(4-6)13-9(14)1-2-10(13)15/h1-5H. The van der Waals surface area contributed by atoms with Gasteiger partial charge >= 0.3 is 0 Å². The number of benzene rings is 1. The van der Waals surface area contributed by atoms with E-state index in [1.165, 1.54) is 12.2 Å². The number of carbonyl (C=O) groups excluding carboxylic acids is 2. The van der Waals surface area contributed by atoms with Crippen molar-refractivity contribution in [2.45, 2.75) is 0 Å². The Balaban J connectivity index is 2.46. The van der Waals surface area contributed by atoms with Crippen LogP contribution in [0.25, 0.3) is 0 Å². The molecule has 5 heteroatoms. The van der Waals surface area contributed by atoms with Crippen molar-refractivity contribution in [1.82, 2.24) is 0 Å². The molecule has 0 fully saturated rings. The van der Waals surface area contributed by atoms with Crippen molar-refractivity contribution in [3.05, 3.63) is 39.3 Å². The Kier molecular flexibility index (Phi) is 2.75. The van der Waals surface area contributed by atoms with E-state index in [0.29, 0.717) is 5.69 Å². The quantitative estimate of drug-likeness (QED) is 0.742. The summed E-state index contributed by atoms with van der Waals surface area (Å²) in [6, 6.07) is 5.27. The maximum atomic E-state index is 11.4. The van der Waals surface area contributed by atoms with Crippen LogP contribution >= 0.6 is 31.9 Å². The number of imide groups is 1. The van der Waals surface area contributed by atoms with Gasteiger partial charge < -0.3 is 0 Å². The molecule has 0 unspecified atom stereocenters. The second-order valence-electron chi connectivity index (χ2n) is 2.97. The minimum atomic E-state index is -0.315. The summed E-state index contributed by atoms with van der Waals surface area (Å²) in [7, 11) is 0. The van der Waals surface area contributed by atoms with E-state index in [-0.39, 0.29) is 11.8 Å². The summed E-state index contributed by atoms with van der Waals surface area (Å²) in [5, 5.41) is 0. The van der Waals surface area contributed by atoms with Crippen LogP contribution in [0.15, 0.2) is 39.3 Å². The molecule has 1 heterocycles. The fourth-order valence-electron chi connectivity index (χ4n) is 1.32. The summed E-state index contributed by atoms with van der Waals surface area (Å²) in [6.07, 6.45) is 2.52. The van der Waals surface area contributed by atoms with Gasteiger partial charge in [0, 0.05) is 21.1 Å². The molecule has 0 spiro atoms. The molecular weight excluding hydrogens is 326 g/mol. The first-order valence-corrected chi connectivity index (χ1v) is 5.69. The van der Waals surface area contributed by atoms with Crippen LogP contribution in [-0.2, 0) is 9.59 Å². The predicted octanol–water partition coefficient (Wildman–Crippen LogP) is 2.64. The van der Waals surface area contributed by atoms with Gasteiger partial charge in [-0.15, -0.1) is 0 Å². The van der Waals surface area contributed by atoms with E-state index in [2.05, 4.69) is 31.9 Å². The van der Waals surface area contributed by atoms with E-state index >= 15 is 0 Å². The number of carbonyl (C=O) groups is 2. The molecule has 0 aromatic heterocycles. The Hall–Kier alpha value is -0.940. The highest BCUT2D eigenvalue weighted by molar-refractivity contribution is 9.11. The van der Waals surface area contributed by atoms with E-state index in [1.54, 1.807) is 12.1 Å². The molecule has 15 heavy (non-hydrogen) atoms. The fraction of sp³-hybridized carbons (Fsp3) is 0. The molecule has 2 rings (SSSR count). The average molecular weight is 331 g/mol. The van der Waals surface area contributed by atoms with Crippen molar-refractivity contribution in [3.8, 4) is 0 Å². The van der Waals surface area contributed by atoms with Crippen LogP contribution in [0.2, 0.25) is 0 Å². The smallest absolute Gasteiger partial charge is 0.258 e. The highest BCUT2D eigenvalue weighted by Gasteiger charge is 2.25. The maximum Gasteiger partial charge on any atom is 0.258 e. The zero-order valence-electron chi connectivity index (χ0n) is 7.41. The van der Waals surface area contributed by atoms with Gasteiger partial charge in [0.1, 0.15) is 0 Å². The van der Waals surface area contributed by atoms with Crippen LogP contribution in [-0.4, -0.2) is 11.8 Å². The molecule has 1 aromatic rings. The van der Waals surface area contributed by atoms with Crippen LogP contribution in [0.5, 0.6) is 0 Å². The number of anilines is 1. The van der Waals surface area contributed by atoms with Gasteiger partial charge in [0.05, 0.1) is 5.69 Å². The minimum absolute atomic E-state index is 0.315. The number of nitrogens with zero attached hydrogens (tertiary/aromatic N) is 1. The first kappa shape index (κ1) is 10.6. The van der Waals surface area contributed by atoms with Gasteiger partial charge in [-0.2, -0.15) is 0 Å². The topological polar surface area (TPSA) is 37.4 Å². The molecule has 0 saturated carbocycles. The summed E-state index contributed by atoms with van der Waals surface area (Å²) in [6.45, 7) is 0. The lowest BCUT2D eigenvalue weighted by atomic mass is 10.3. The van der Waals surface area contributed by atoms with Crippen LogP contribution < -0.4 is 4.90 Å². The Morgan fingerprint density at radius 3 is 1.80 bits per heavy atom. The van der Waals surface area contributed by atoms with Gasteiger partial charge in [-0.1, -0.05) is 31.9 Å². The van der Waals surface area contributed by atoms with E-state index in [4.69, 9.17) is 0 Å². The van der Waals surface area contributed by atoms with Crippen molar-refractivity contribution in [2.24, 2.45) is 0 Å². The Bertz CT molecular complexity index is 444. The highest BCUT2D eigenvalue weighted by Crippen LogP contribution is 2.27. The molecule has 0 aliphatic carbocycles. The van der Waals surface area contributed by atoms with Crippen molar-refractivity contribution in [3.63, 3.8) is 0 Å². The minimum Gasteiger partial charge on any atom is -0.269 e. The molecule has 0 atom stereocenters. The summed E-state index contributed by atoms with van der Waals surface area (Å²) < 4.78 is 1.61. The summed E-state index contributed by atoms with van der Waals surface area (Å²) >= 11 is 6.60. The lowest BCUT2D eigenvalue weighted by Crippen LogP contribution is -2.29. The largest absolute Gasteiger partial charge is 0.269 e. The molecule has 1 aliphatic heterocycles.